The van der Waals surface area contributed by atoms with Crippen molar-refractivity contribution in [2.24, 2.45) is 0 Å². The average molecular weight is 652 g/mol. The summed E-state index contributed by atoms with van der Waals surface area (Å²) in [4.78, 5) is 0. The third kappa shape index (κ3) is 39.0. The third-order valence-electron chi connectivity index (χ3n) is 7.84. The van der Waals surface area contributed by atoms with Crippen molar-refractivity contribution in [3.63, 3.8) is 0 Å². The summed E-state index contributed by atoms with van der Waals surface area (Å²) in [7, 11) is 0. The molecule has 0 N–H and O–H groups in total. The molecular weight excluding hydrogens is 580 g/mol. The molecule has 6 heteroatoms. The molecule has 5 nitrogen and oxygen atoms in total. The second-order valence-electron chi connectivity index (χ2n) is 12.2. The highest BCUT2D eigenvalue weighted by Gasteiger charge is 2.10. The van der Waals surface area contributed by atoms with E-state index in [0.29, 0.717) is 19.8 Å². The lowest BCUT2D eigenvalue weighted by Crippen LogP contribution is -2.27. The van der Waals surface area contributed by atoms with E-state index in [1.165, 1.54) is 116 Å². The second-order valence-corrected chi connectivity index (χ2v) is 12.9. The van der Waals surface area contributed by atoms with E-state index >= 15 is 0 Å². The maximum Gasteiger partial charge on any atom is 0.105 e. The highest BCUT2D eigenvalue weighted by atomic mass is 32.2. The first-order chi connectivity index (χ1) is 22.2. The van der Waals surface area contributed by atoms with Crippen molar-refractivity contribution in [1.82, 2.24) is 0 Å². The minimum atomic E-state index is -2.53. The van der Waals surface area contributed by atoms with Crippen LogP contribution in [0, 0.1) is 0 Å². The maximum atomic E-state index is 10.8. The van der Waals surface area contributed by atoms with Crippen molar-refractivity contribution < 1.29 is 22.4 Å². The fourth-order valence-electron chi connectivity index (χ4n) is 5.02. The van der Waals surface area contributed by atoms with Gasteiger partial charge in [-0.05, 0) is 77.0 Å². The molecule has 0 saturated carbocycles. The Hall–Kier alpha value is -1.05. The lowest BCUT2D eigenvalue weighted by molar-refractivity contribution is -0.0382. The quantitative estimate of drug-likeness (QED) is 0.0383. The number of ether oxygens (including phenoxy) is 2. The summed E-state index contributed by atoms with van der Waals surface area (Å²) >= 11 is -2.53. The molecule has 0 spiro atoms. The van der Waals surface area contributed by atoms with Gasteiger partial charge in [0, 0.05) is 13.2 Å². The molecule has 0 bridgehead atoms. The molecule has 0 rings (SSSR count). The SMILES string of the molecule is CCCCC/C=C\C/C=C\CCCCCCCCOCC(COS(=O)[O-])OCCCCCCCC/C=C\C/C=C\CCCCC. The molecule has 0 aliphatic heterocycles. The van der Waals surface area contributed by atoms with Gasteiger partial charge in [-0.15, -0.1) is 0 Å². The Morgan fingerprint density at radius 2 is 0.911 bits per heavy atom. The van der Waals surface area contributed by atoms with Gasteiger partial charge in [0.05, 0.1) is 24.6 Å². The molecule has 2 atom stereocenters. The van der Waals surface area contributed by atoms with Gasteiger partial charge in [-0.3, -0.25) is 4.18 Å². The van der Waals surface area contributed by atoms with Gasteiger partial charge in [-0.1, -0.05) is 140 Å². The number of hydrogen-bond donors (Lipinski definition) is 0. The number of unbranched alkanes of at least 4 members (excludes halogenated alkanes) is 18. The molecule has 0 aliphatic carbocycles. The number of rotatable bonds is 36. The van der Waals surface area contributed by atoms with Gasteiger partial charge in [0.1, 0.15) is 6.10 Å². The van der Waals surface area contributed by atoms with E-state index in [4.69, 9.17) is 13.7 Å². The van der Waals surface area contributed by atoms with Gasteiger partial charge < -0.3 is 14.0 Å². The Kier molecular flexibility index (Phi) is 38.2. The molecule has 0 radical (unpaired) electrons. The van der Waals surface area contributed by atoms with Gasteiger partial charge in [-0.25, -0.2) is 4.21 Å². The first kappa shape index (κ1) is 43.9. The van der Waals surface area contributed by atoms with Crippen LogP contribution in [0.15, 0.2) is 48.6 Å². The van der Waals surface area contributed by atoms with Crippen molar-refractivity contribution >= 4 is 11.4 Å². The smallest absolute Gasteiger partial charge is 0.105 e. The molecule has 2 unspecified atom stereocenters. The van der Waals surface area contributed by atoms with Crippen LogP contribution in [0.4, 0.5) is 0 Å². The highest BCUT2D eigenvalue weighted by Crippen LogP contribution is 2.11. The molecule has 0 heterocycles. The zero-order valence-corrected chi connectivity index (χ0v) is 30.3. The Morgan fingerprint density at radius 1 is 0.511 bits per heavy atom. The fourth-order valence-corrected chi connectivity index (χ4v) is 5.29. The van der Waals surface area contributed by atoms with Crippen LogP contribution in [-0.2, 0) is 25.0 Å². The van der Waals surface area contributed by atoms with E-state index in [1.54, 1.807) is 0 Å². The topological polar surface area (TPSA) is 67.8 Å². The van der Waals surface area contributed by atoms with E-state index in [-0.39, 0.29) is 12.7 Å². The maximum absolute atomic E-state index is 10.8. The van der Waals surface area contributed by atoms with E-state index < -0.39 is 11.4 Å². The summed E-state index contributed by atoms with van der Waals surface area (Å²) in [5.74, 6) is 0. The lowest BCUT2D eigenvalue weighted by atomic mass is 10.1. The minimum absolute atomic E-state index is 0.0158. The summed E-state index contributed by atoms with van der Waals surface area (Å²) in [6.07, 6.45) is 47.2. The van der Waals surface area contributed by atoms with Gasteiger partial charge in [0.15, 0.2) is 0 Å². The van der Waals surface area contributed by atoms with Crippen LogP contribution >= 0.6 is 0 Å². The van der Waals surface area contributed by atoms with Crippen molar-refractivity contribution in [2.75, 3.05) is 26.4 Å². The molecular formula is C39H71O5S-. The van der Waals surface area contributed by atoms with Crippen molar-refractivity contribution in [3.05, 3.63) is 48.6 Å². The van der Waals surface area contributed by atoms with E-state index in [0.717, 1.165) is 38.5 Å². The largest absolute Gasteiger partial charge is 0.750 e. The highest BCUT2D eigenvalue weighted by molar-refractivity contribution is 7.74. The van der Waals surface area contributed by atoms with E-state index in [9.17, 15) is 8.76 Å². The predicted molar refractivity (Wildman–Crippen MR) is 194 cm³/mol. The van der Waals surface area contributed by atoms with Gasteiger partial charge >= 0.3 is 0 Å². The molecule has 45 heavy (non-hydrogen) atoms. The second kappa shape index (κ2) is 39.1. The standard InChI is InChI=1S/C39H72O5S/c1-3-5-7-9-11-13-15-17-19-21-23-25-27-29-31-33-35-42-37-39(38-44-45(40)41)43-36-34-32-30-28-26-24-22-20-18-16-14-12-10-8-6-4-2/h11-14,17-20,39H,3-10,15-16,21-38H2,1-2H3,(H,40,41)/p-1/b13-11-,14-12-,19-17-,20-18-. The zero-order valence-electron chi connectivity index (χ0n) is 29.4. The van der Waals surface area contributed by atoms with E-state index in [2.05, 4.69) is 62.5 Å². The Labute approximate surface area is 282 Å². The number of hydrogen-bond acceptors (Lipinski definition) is 5. The molecule has 0 aliphatic rings. The monoisotopic (exact) mass is 652 g/mol. The summed E-state index contributed by atoms with van der Waals surface area (Å²) in [6.45, 7) is 6.18. The summed E-state index contributed by atoms with van der Waals surface area (Å²) in [5.41, 5.74) is 0. The summed E-state index contributed by atoms with van der Waals surface area (Å²) < 4.78 is 38.2. The molecule has 0 amide bonds. The van der Waals surface area contributed by atoms with Crippen LogP contribution in [0.3, 0.4) is 0 Å². The summed E-state index contributed by atoms with van der Waals surface area (Å²) in [6, 6.07) is 0. The van der Waals surface area contributed by atoms with Crippen LogP contribution in [0.2, 0.25) is 0 Å². The van der Waals surface area contributed by atoms with Crippen LogP contribution < -0.4 is 0 Å². The average Bonchev–Trinajstić information content (AvgIpc) is 3.04. The van der Waals surface area contributed by atoms with Crippen molar-refractivity contribution in [2.45, 2.75) is 174 Å². The number of allylic oxidation sites excluding steroid dienone is 8. The van der Waals surface area contributed by atoms with Crippen LogP contribution in [-0.4, -0.2) is 41.3 Å². The Morgan fingerprint density at radius 3 is 1.36 bits per heavy atom. The first-order valence-corrected chi connectivity index (χ1v) is 19.7. The first-order valence-electron chi connectivity index (χ1n) is 18.7. The zero-order chi connectivity index (χ0) is 32.7. The molecule has 264 valence electrons. The Balaban J connectivity index is 3.66. The predicted octanol–water partition coefficient (Wildman–Crippen LogP) is 11.8. The van der Waals surface area contributed by atoms with Crippen molar-refractivity contribution in [3.8, 4) is 0 Å². The molecule has 0 aromatic rings. The van der Waals surface area contributed by atoms with Crippen LogP contribution in [0.5, 0.6) is 0 Å². The molecule has 0 aromatic carbocycles. The van der Waals surface area contributed by atoms with Crippen LogP contribution in [0.1, 0.15) is 168 Å². The molecule has 0 aromatic heterocycles. The van der Waals surface area contributed by atoms with Gasteiger partial charge in [-0.2, -0.15) is 0 Å². The van der Waals surface area contributed by atoms with E-state index in [1.807, 2.05) is 0 Å². The minimum Gasteiger partial charge on any atom is -0.750 e. The van der Waals surface area contributed by atoms with Crippen molar-refractivity contribution in [1.29, 1.82) is 0 Å². The van der Waals surface area contributed by atoms with Gasteiger partial charge in [0.25, 0.3) is 0 Å². The Bertz CT molecular complexity index is 718. The van der Waals surface area contributed by atoms with Gasteiger partial charge in [0.2, 0.25) is 0 Å². The fraction of sp³-hybridized carbons (Fsp3) is 0.795. The molecule has 0 saturated heterocycles. The summed E-state index contributed by atoms with van der Waals surface area (Å²) in [5, 5.41) is 0. The molecule has 0 fully saturated rings. The van der Waals surface area contributed by atoms with Crippen LogP contribution in [0.25, 0.3) is 0 Å². The third-order valence-corrected chi connectivity index (χ3v) is 8.17. The lowest BCUT2D eigenvalue weighted by Gasteiger charge is -2.18. The normalized spacial score (nSPS) is 13.8.